The zero-order valence-corrected chi connectivity index (χ0v) is 18.0. The number of carboxylic acids is 1. The Hall–Kier alpha value is -4.05. The van der Waals surface area contributed by atoms with Crippen molar-refractivity contribution in [2.45, 2.75) is 4.90 Å². The van der Waals surface area contributed by atoms with Crippen LogP contribution in [0.1, 0.15) is 20.7 Å². The van der Waals surface area contributed by atoms with Crippen molar-refractivity contribution in [2.75, 3.05) is 24.3 Å². The lowest BCUT2D eigenvalue weighted by atomic mass is 10.1. The Bertz CT molecular complexity index is 1270. The Morgan fingerprint density at radius 1 is 0.844 bits per heavy atom. The molecule has 32 heavy (non-hydrogen) atoms. The molecule has 9 nitrogen and oxygen atoms in total. The highest BCUT2D eigenvalue weighted by molar-refractivity contribution is 7.92. The fourth-order valence-electron chi connectivity index (χ4n) is 2.93. The van der Waals surface area contributed by atoms with Crippen molar-refractivity contribution in [3.63, 3.8) is 0 Å². The highest BCUT2D eigenvalue weighted by atomic mass is 32.2. The van der Waals surface area contributed by atoms with Gasteiger partial charge in [0.05, 0.1) is 36.7 Å². The number of ether oxygens (including phenoxy) is 2. The predicted molar refractivity (Wildman–Crippen MR) is 118 cm³/mol. The summed E-state index contributed by atoms with van der Waals surface area (Å²) in [5, 5.41) is 11.9. The van der Waals surface area contributed by atoms with Crippen LogP contribution in [0.3, 0.4) is 0 Å². The number of carboxylic acid groups (broad SMARTS) is 1. The standard InChI is InChI=1S/C22H20N2O7S/c1-30-18-10-6-5-9-17(18)23-21(25)15-7-3-4-8-16(15)24-32(28,29)20-13-14(22(26)27)11-12-19(20)31-2/h3-13,24H,1-2H3,(H,23,25)(H,26,27). The highest BCUT2D eigenvalue weighted by Crippen LogP contribution is 2.29. The molecule has 0 aliphatic heterocycles. The molecule has 3 aromatic carbocycles. The molecule has 0 atom stereocenters. The van der Waals surface area contributed by atoms with Gasteiger partial charge in [-0.25, -0.2) is 13.2 Å². The van der Waals surface area contributed by atoms with Gasteiger partial charge in [0.25, 0.3) is 15.9 Å². The minimum atomic E-state index is -4.30. The van der Waals surface area contributed by atoms with Crippen molar-refractivity contribution in [1.29, 1.82) is 0 Å². The smallest absolute Gasteiger partial charge is 0.335 e. The first-order chi connectivity index (χ1) is 15.3. The molecule has 0 heterocycles. The van der Waals surface area contributed by atoms with Crippen LogP contribution in [0.2, 0.25) is 0 Å². The third-order valence-electron chi connectivity index (χ3n) is 4.47. The second kappa shape index (κ2) is 9.40. The summed E-state index contributed by atoms with van der Waals surface area (Å²) in [5.74, 6) is -1.47. The number of anilines is 2. The van der Waals surface area contributed by atoms with Crippen LogP contribution in [-0.2, 0) is 10.0 Å². The van der Waals surface area contributed by atoms with Gasteiger partial charge in [0, 0.05) is 0 Å². The number of carbonyl (C=O) groups excluding carboxylic acids is 1. The molecule has 0 unspecified atom stereocenters. The molecule has 3 rings (SSSR count). The predicted octanol–water partition coefficient (Wildman–Crippen LogP) is 3.46. The number of para-hydroxylation sites is 3. The third-order valence-corrected chi connectivity index (χ3v) is 5.86. The summed E-state index contributed by atoms with van der Waals surface area (Å²) >= 11 is 0. The van der Waals surface area contributed by atoms with Gasteiger partial charge < -0.3 is 19.9 Å². The molecule has 0 saturated heterocycles. The summed E-state index contributed by atoms with van der Waals surface area (Å²) in [6.07, 6.45) is 0. The van der Waals surface area contributed by atoms with Crippen molar-refractivity contribution in [3.8, 4) is 11.5 Å². The maximum Gasteiger partial charge on any atom is 0.335 e. The van der Waals surface area contributed by atoms with Gasteiger partial charge in [-0.3, -0.25) is 9.52 Å². The van der Waals surface area contributed by atoms with Crippen LogP contribution in [0.5, 0.6) is 11.5 Å². The zero-order valence-electron chi connectivity index (χ0n) is 17.2. The number of sulfonamides is 1. The van der Waals surface area contributed by atoms with E-state index in [1.54, 1.807) is 36.4 Å². The molecule has 0 aliphatic rings. The van der Waals surface area contributed by atoms with E-state index in [0.29, 0.717) is 11.4 Å². The fraction of sp³-hybridized carbons (Fsp3) is 0.0909. The Labute approximate surface area is 184 Å². The Morgan fingerprint density at radius 3 is 2.12 bits per heavy atom. The van der Waals surface area contributed by atoms with Crippen molar-refractivity contribution in [3.05, 3.63) is 77.9 Å². The number of rotatable bonds is 8. The second-order valence-electron chi connectivity index (χ2n) is 6.48. The highest BCUT2D eigenvalue weighted by Gasteiger charge is 2.24. The molecule has 0 aromatic heterocycles. The summed E-state index contributed by atoms with van der Waals surface area (Å²) in [4.78, 5) is 23.8. The number of amides is 1. The number of carbonyl (C=O) groups is 2. The molecule has 0 aliphatic carbocycles. The van der Waals surface area contributed by atoms with Gasteiger partial charge in [-0.2, -0.15) is 0 Å². The largest absolute Gasteiger partial charge is 0.495 e. The van der Waals surface area contributed by atoms with E-state index in [-0.39, 0.29) is 27.5 Å². The third kappa shape index (κ3) is 4.81. The molecular weight excluding hydrogens is 436 g/mol. The van der Waals surface area contributed by atoms with Gasteiger partial charge in [0.1, 0.15) is 16.4 Å². The minimum Gasteiger partial charge on any atom is -0.495 e. The maximum absolute atomic E-state index is 13.1. The molecule has 10 heteroatoms. The molecule has 0 saturated carbocycles. The number of hydrogen-bond acceptors (Lipinski definition) is 6. The number of methoxy groups -OCH3 is 2. The van der Waals surface area contributed by atoms with Crippen molar-refractivity contribution < 1.29 is 32.6 Å². The van der Waals surface area contributed by atoms with E-state index < -0.39 is 21.9 Å². The molecule has 0 radical (unpaired) electrons. The van der Waals surface area contributed by atoms with Crippen LogP contribution in [0, 0.1) is 0 Å². The monoisotopic (exact) mass is 456 g/mol. The number of nitrogens with one attached hydrogen (secondary N) is 2. The normalized spacial score (nSPS) is 10.8. The van der Waals surface area contributed by atoms with Crippen LogP contribution >= 0.6 is 0 Å². The van der Waals surface area contributed by atoms with E-state index in [9.17, 15) is 23.1 Å². The van der Waals surface area contributed by atoms with Crippen molar-refractivity contribution in [1.82, 2.24) is 0 Å². The maximum atomic E-state index is 13.1. The van der Waals surface area contributed by atoms with Gasteiger partial charge in [0.2, 0.25) is 0 Å². The number of aromatic carboxylic acids is 1. The van der Waals surface area contributed by atoms with E-state index in [4.69, 9.17) is 9.47 Å². The number of hydrogen-bond donors (Lipinski definition) is 3. The first kappa shape index (κ1) is 22.6. The van der Waals surface area contributed by atoms with E-state index in [1.165, 1.54) is 38.5 Å². The van der Waals surface area contributed by atoms with E-state index in [0.717, 1.165) is 6.07 Å². The SMILES string of the molecule is COc1ccccc1NC(=O)c1ccccc1NS(=O)(=O)c1cc(C(=O)O)ccc1OC. The summed E-state index contributed by atoms with van der Waals surface area (Å²) in [6, 6.07) is 16.3. The quantitative estimate of drug-likeness (QED) is 0.473. The summed E-state index contributed by atoms with van der Waals surface area (Å²) in [5.41, 5.74) is 0.236. The average Bonchev–Trinajstić information content (AvgIpc) is 2.79. The lowest BCUT2D eigenvalue weighted by Crippen LogP contribution is -2.19. The zero-order chi connectivity index (χ0) is 23.3. The fourth-order valence-corrected chi connectivity index (χ4v) is 4.20. The van der Waals surface area contributed by atoms with Crippen LogP contribution in [-0.4, -0.2) is 39.6 Å². The van der Waals surface area contributed by atoms with Crippen LogP contribution in [0.4, 0.5) is 11.4 Å². The molecule has 0 bridgehead atoms. The average molecular weight is 456 g/mol. The molecular formula is C22H20N2O7S. The van der Waals surface area contributed by atoms with Crippen LogP contribution in [0.15, 0.2) is 71.6 Å². The molecule has 0 fully saturated rings. The van der Waals surface area contributed by atoms with Gasteiger partial charge in [-0.05, 0) is 42.5 Å². The summed E-state index contributed by atoms with van der Waals surface area (Å²) in [6.45, 7) is 0. The van der Waals surface area contributed by atoms with E-state index in [2.05, 4.69) is 10.0 Å². The Balaban J connectivity index is 1.96. The van der Waals surface area contributed by atoms with Gasteiger partial charge in [-0.1, -0.05) is 24.3 Å². The second-order valence-corrected chi connectivity index (χ2v) is 8.13. The lowest BCUT2D eigenvalue weighted by molar-refractivity contribution is 0.0696. The first-order valence-electron chi connectivity index (χ1n) is 9.24. The Morgan fingerprint density at radius 2 is 1.47 bits per heavy atom. The summed E-state index contributed by atoms with van der Waals surface area (Å²) in [7, 11) is -1.57. The van der Waals surface area contributed by atoms with Crippen molar-refractivity contribution in [2.24, 2.45) is 0 Å². The van der Waals surface area contributed by atoms with Crippen LogP contribution < -0.4 is 19.5 Å². The molecule has 166 valence electrons. The van der Waals surface area contributed by atoms with Crippen LogP contribution in [0.25, 0.3) is 0 Å². The van der Waals surface area contributed by atoms with E-state index >= 15 is 0 Å². The number of benzene rings is 3. The Kier molecular flexibility index (Phi) is 6.64. The molecule has 1 amide bonds. The first-order valence-corrected chi connectivity index (χ1v) is 10.7. The topological polar surface area (TPSA) is 131 Å². The van der Waals surface area contributed by atoms with Crippen molar-refractivity contribution >= 4 is 33.3 Å². The lowest BCUT2D eigenvalue weighted by Gasteiger charge is -2.15. The molecule has 3 N–H and O–H groups in total. The van der Waals surface area contributed by atoms with Gasteiger partial charge in [-0.15, -0.1) is 0 Å². The minimum absolute atomic E-state index is 0.00248. The van der Waals surface area contributed by atoms with Gasteiger partial charge in [0.15, 0.2) is 0 Å². The van der Waals surface area contributed by atoms with Gasteiger partial charge >= 0.3 is 5.97 Å². The summed E-state index contributed by atoms with van der Waals surface area (Å²) < 4.78 is 38.8. The molecule has 0 spiro atoms. The van der Waals surface area contributed by atoms with E-state index in [1.807, 2.05) is 0 Å². The molecule has 3 aromatic rings.